The molecule has 0 aliphatic heterocycles. The Hall–Kier alpha value is -1.00. The zero-order valence-corrected chi connectivity index (χ0v) is 12.9. The first kappa shape index (κ1) is 17.1. The number of carboxylic acids is 1. The van der Waals surface area contributed by atoms with Crippen molar-refractivity contribution in [2.45, 2.75) is 4.21 Å². The van der Waals surface area contributed by atoms with Crippen molar-refractivity contribution in [3.63, 3.8) is 0 Å². The predicted octanol–water partition coefficient (Wildman–Crippen LogP) is 0.730. The minimum atomic E-state index is -3.73. The van der Waals surface area contributed by atoms with E-state index in [0.717, 1.165) is 17.4 Å². The zero-order valence-electron chi connectivity index (χ0n) is 11.2. The van der Waals surface area contributed by atoms with Crippen LogP contribution in [0, 0.1) is 0 Å². The number of carboxylic acid groups (broad SMARTS) is 1. The monoisotopic (exact) mass is 323 g/mol. The molecule has 0 aliphatic rings. The Kier molecular flexibility index (Phi) is 6.56. The molecule has 0 aromatic carbocycles. The fourth-order valence-corrected chi connectivity index (χ4v) is 4.14. The summed E-state index contributed by atoms with van der Waals surface area (Å²) in [5, 5.41) is 10.1. The molecule has 0 bridgehead atoms. The lowest BCUT2D eigenvalue weighted by Gasteiger charge is -2.20. The Morgan fingerprint density at radius 1 is 1.30 bits per heavy atom. The third-order valence-electron chi connectivity index (χ3n) is 2.51. The van der Waals surface area contributed by atoms with Gasteiger partial charge < -0.3 is 14.6 Å². The van der Waals surface area contributed by atoms with E-state index in [4.69, 9.17) is 14.6 Å². The van der Waals surface area contributed by atoms with Crippen molar-refractivity contribution in [2.75, 3.05) is 40.5 Å². The maximum Gasteiger partial charge on any atom is 0.336 e. The first-order valence-electron chi connectivity index (χ1n) is 5.73. The molecular formula is C11H17NO6S2. The molecule has 9 heteroatoms. The fraction of sp³-hybridized carbons (Fsp3) is 0.545. The molecule has 0 atom stereocenters. The molecule has 20 heavy (non-hydrogen) atoms. The van der Waals surface area contributed by atoms with Gasteiger partial charge in [0.05, 0.1) is 18.8 Å². The molecule has 0 aliphatic carbocycles. The normalized spacial score (nSPS) is 11.9. The van der Waals surface area contributed by atoms with Gasteiger partial charge in [0.1, 0.15) is 4.21 Å². The third-order valence-corrected chi connectivity index (χ3v) is 5.82. The summed E-state index contributed by atoms with van der Waals surface area (Å²) in [6.45, 7) is 0.866. The topological polar surface area (TPSA) is 93.1 Å². The highest BCUT2D eigenvalue weighted by molar-refractivity contribution is 7.91. The maximum atomic E-state index is 12.4. The van der Waals surface area contributed by atoms with Crippen molar-refractivity contribution >= 4 is 27.3 Å². The van der Waals surface area contributed by atoms with Gasteiger partial charge >= 0.3 is 5.97 Å². The molecule has 0 unspecified atom stereocenters. The number of sulfonamides is 1. The van der Waals surface area contributed by atoms with Crippen molar-refractivity contribution in [3.05, 3.63) is 17.0 Å². The van der Waals surface area contributed by atoms with Gasteiger partial charge in [-0.25, -0.2) is 13.2 Å². The SMILES string of the molecule is COCCN(CCOC)S(=O)(=O)c1cc(C(=O)O)cs1. The molecule has 0 radical (unpaired) electrons. The highest BCUT2D eigenvalue weighted by Crippen LogP contribution is 2.23. The number of hydrogen-bond acceptors (Lipinski definition) is 6. The number of methoxy groups -OCH3 is 2. The van der Waals surface area contributed by atoms with Gasteiger partial charge in [0, 0.05) is 32.7 Å². The molecule has 1 rings (SSSR count). The minimum Gasteiger partial charge on any atom is -0.478 e. The Morgan fingerprint density at radius 2 is 1.85 bits per heavy atom. The van der Waals surface area contributed by atoms with E-state index < -0.39 is 16.0 Å². The molecule has 1 heterocycles. The van der Waals surface area contributed by atoms with Gasteiger partial charge in [0.25, 0.3) is 10.0 Å². The minimum absolute atomic E-state index is 0.00195. The molecule has 114 valence electrons. The van der Waals surface area contributed by atoms with Gasteiger partial charge in [-0.3, -0.25) is 0 Å². The second-order valence-corrected chi connectivity index (χ2v) is 6.93. The third kappa shape index (κ3) is 4.25. The van der Waals surface area contributed by atoms with Gasteiger partial charge in [-0.05, 0) is 6.07 Å². The van der Waals surface area contributed by atoms with Gasteiger partial charge in [0.2, 0.25) is 0 Å². The van der Waals surface area contributed by atoms with Crippen LogP contribution in [0.15, 0.2) is 15.7 Å². The summed E-state index contributed by atoms with van der Waals surface area (Å²) in [5.41, 5.74) is -0.0352. The number of nitrogens with zero attached hydrogens (tertiary/aromatic N) is 1. The van der Waals surface area contributed by atoms with Crippen LogP contribution in [0.25, 0.3) is 0 Å². The summed E-state index contributed by atoms with van der Waals surface area (Å²) in [6, 6.07) is 1.16. The Morgan fingerprint density at radius 3 is 2.25 bits per heavy atom. The van der Waals surface area contributed by atoms with Crippen molar-refractivity contribution < 1.29 is 27.8 Å². The summed E-state index contributed by atoms with van der Waals surface area (Å²) < 4.78 is 35.8. The molecule has 0 saturated carbocycles. The van der Waals surface area contributed by atoms with E-state index in [2.05, 4.69) is 0 Å². The van der Waals surface area contributed by atoms with Crippen molar-refractivity contribution in [2.24, 2.45) is 0 Å². The van der Waals surface area contributed by atoms with Crippen LogP contribution in [0.3, 0.4) is 0 Å². The van der Waals surface area contributed by atoms with Crippen molar-refractivity contribution in [1.29, 1.82) is 0 Å². The van der Waals surface area contributed by atoms with Crippen LogP contribution in [-0.4, -0.2) is 64.3 Å². The smallest absolute Gasteiger partial charge is 0.336 e. The average molecular weight is 323 g/mol. The average Bonchev–Trinajstić information content (AvgIpc) is 2.89. The summed E-state index contributed by atoms with van der Waals surface area (Å²) in [6.07, 6.45) is 0. The quantitative estimate of drug-likeness (QED) is 0.720. The van der Waals surface area contributed by atoms with E-state index in [1.54, 1.807) is 0 Å². The number of carbonyl (C=O) groups is 1. The maximum absolute atomic E-state index is 12.4. The lowest BCUT2D eigenvalue weighted by Crippen LogP contribution is -2.36. The number of hydrogen-bond donors (Lipinski definition) is 1. The van der Waals surface area contributed by atoms with Gasteiger partial charge in [-0.2, -0.15) is 4.31 Å². The van der Waals surface area contributed by atoms with E-state index in [0.29, 0.717) is 0 Å². The summed E-state index contributed by atoms with van der Waals surface area (Å²) >= 11 is 0.888. The Balaban J connectivity index is 2.97. The number of aromatic carboxylic acids is 1. The van der Waals surface area contributed by atoms with Crippen molar-refractivity contribution in [1.82, 2.24) is 4.31 Å². The first-order valence-corrected chi connectivity index (χ1v) is 8.05. The van der Waals surface area contributed by atoms with Crippen LogP contribution in [-0.2, 0) is 19.5 Å². The van der Waals surface area contributed by atoms with Crippen LogP contribution in [0.1, 0.15) is 10.4 Å². The predicted molar refractivity (Wildman–Crippen MR) is 73.8 cm³/mol. The van der Waals surface area contributed by atoms with Gasteiger partial charge in [-0.1, -0.05) is 0 Å². The number of thiophene rings is 1. The summed E-state index contributed by atoms with van der Waals surface area (Å²) in [5.74, 6) is -1.15. The molecule has 1 N–H and O–H groups in total. The van der Waals surface area contributed by atoms with Gasteiger partial charge in [0.15, 0.2) is 0 Å². The van der Waals surface area contributed by atoms with Crippen LogP contribution in [0.4, 0.5) is 0 Å². The first-order chi connectivity index (χ1) is 9.43. The Bertz CT molecular complexity index is 531. The second kappa shape index (κ2) is 7.70. The van der Waals surface area contributed by atoms with Crippen molar-refractivity contribution in [3.8, 4) is 0 Å². The molecule has 0 spiro atoms. The lowest BCUT2D eigenvalue weighted by atomic mass is 10.4. The van der Waals surface area contributed by atoms with Gasteiger partial charge in [-0.15, -0.1) is 11.3 Å². The highest BCUT2D eigenvalue weighted by atomic mass is 32.2. The Labute approximate surface area is 121 Å². The van der Waals surface area contributed by atoms with Crippen LogP contribution < -0.4 is 0 Å². The molecule has 0 amide bonds. The van der Waals surface area contributed by atoms with E-state index in [1.165, 1.54) is 23.9 Å². The lowest BCUT2D eigenvalue weighted by molar-refractivity contribution is 0.0697. The van der Waals surface area contributed by atoms with E-state index in [9.17, 15) is 13.2 Å². The molecule has 1 aromatic heterocycles. The second-order valence-electron chi connectivity index (χ2n) is 3.85. The number of rotatable bonds is 9. The highest BCUT2D eigenvalue weighted by Gasteiger charge is 2.26. The number of ether oxygens (including phenoxy) is 2. The van der Waals surface area contributed by atoms with Crippen LogP contribution in [0.2, 0.25) is 0 Å². The standard InChI is InChI=1S/C11H17NO6S2/c1-17-5-3-12(4-6-18-2)20(15,16)10-7-9(8-19-10)11(13)14/h7-8H,3-6H2,1-2H3,(H,13,14). The fourth-order valence-electron chi connectivity index (χ4n) is 1.43. The molecule has 0 fully saturated rings. The molecule has 1 aromatic rings. The molecule has 0 saturated heterocycles. The largest absolute Gasteiger partial charge is 0.478 e. The van der Waals surface area contributed by atoms with Crippen LogP contribution in [0.5, 0.6) is 0 Å². The van der Waals surface area contributed by atoms with E-state index in [1.807, 2.05) is 0 Å². The summed E-state index contributed by atoms with van der Waals surface area (Å²) in [7, 11) is -0.768. The van der Waals surface area contributed by atoms with Crippen LogP contribution >= 0.6 is 11.3 Å². The summed E-state index contributed by atoms with van der Waals surface area (Å²) in [4.78, 5) is 10.8. The van der Waals surface area contributed by atoms with E-state index >= 15 is 0 Å². The molecular weight excluding hydrogens is 306 g/mol. The zero-order chi connectivity index (χ0) is 15.2. The van der Waals surface area contributed by atoms with E-state index in [-0.39, 0.29) is 36.1 Å². The molecule has 7 nitrogen and oxygen atoms in total.